The molecule has 1 aromatic heterocycles. The Labute approximate surface area is 201 Å². The lowest BCUT2D eigenvalue weighted by molar-refractivity contribution is -0.118. The fourth-order valence-corrected chi connectivity index (χ4v) is 4.37. The van der Waals surface area contributed by atoms with Gasteiger partial charge in [0.05, 0.1) is 16.7 Å². The van der Waals surface area contributed by atoms with Gasteiger partial charge in [-0.25, -0.2) is 4.98 Å². The predicted molar refractivity (Wildman–Crippen MR) is 134 cm³/mol. The summed E-state index contributed by atoms with van der Waals surface area (Å²) < 4.78 is 1.63. The van der Waals surface area contributed by atoms with Crippen LogP contribution in [0.3, 0.4) is 0 Å². The summed E-state index contributed by atoms with van der Waals surface area (Å²) in [5.41, 5.74) is 6.33. The minimum Gasteiger partial charge on any atom is -0.370 e. The minimum atomic E-state index is -0.480. The van der Waals surface area contributed by atoms with Crippen molar-refractivity contribution in [3.8, 4) is 0 Å². The van der Waals surface area contributed by atoms with Gasteiger partial charge in [0.2, 0.25) is 11.8 Å². The number of primary amides is 1. The Morgan fingerprint density at radius 1 is 1.18 bits per heavy atom. The number of rotatable bonds is 10. The maximum absolute atomic E-state index is 13.2. The van der Waals surface area contributed by atoms with Crippen LogP contribution < -0.4 is 16.2 Å². The van der Waals surface area contributed by atoms with Crippen LogP contribution in [-0.4, -0.2) is 33.7 Å². The molecule has 1 heterocycles. The van der Waals surface area contributed by atoms with Gasteiger partial charge in [0, 0.05) is 30.2 Å². The first-order valence-electron chi connectivity index (χ1n) is 10.7. The maximum Gasteiger partial charge on any atom is 0.262 e. The number of carbonyl (C=O) groups excluding carboxylic acids is 2. The Bertz CT molecular complexity index is 1200. The number of amides is 2. The molecule has 0 aliphatic carbocycles. The van der Waals surface area contributed by atoms with Crippen molar-refractivity contribution in [2.45, 2.75) is 38.4 Å². The molecule has 0 aliphatic rings. The standard InChI is InChI=1S/C24H27ClN4O3S/c1-16(2)10-12-29-23(32)19-9-8-17(25)14-20(19)27-24(29)33-15-22(31)28(13-11-21(26)30)18-6-4-3-5-7-18/h3-9,14,16H,10-13,15H2,1-2H3,(H2,26,30). The molecular weight excluding hydrogens is 460 g/mol. The number of hydrogen-bond acceptors (Lipinski definition) is 5. The van der Waals surface area contributed by atoms with Crippen LogP contribution in [0.1, 0.15) is 26.7 Å². The second kappa shape index (κ2) is 11.3. The number of benzene rings is 2. The van der Waals surface area contributed by atoms with E-state index in [0.717, 1.165) is 6.42 Å². The monoisotopic (exact) mass is 486 g/mol. The molecule has 2 aromatic carbocycles. The van der Waals surface area contributed by atoms with Crippen LogP contribution >= 0.6 is 23.4 Å². The van der Waals surface area contributed by atoms with Crippen LogP contribution in [0.4, 0.5) is 5.69 Å². The van der Waals surface area contributed by atoms with Gasteiger partial charge in [0.1, 0.15) is 0 Å². The number of fused-ring (bicyclic) bond motifs is 1. The Kier molecular flexibility index (Phi) is 8.52. The van der Waals surface area contributed by atoms with Gasteiger partial charge >= 0.3 is 0 Å². The summed E-state index contributed by atoms with van der Waals surface area (Å²) in [5, 5.41) is 1.45. The van der Waals surface area contributed by atoms with Gasteiger partial charge in [-0.2, -0.15) is 0 Å². The average molecular weight is 487 g/mol. The van der Waals surface area contributed by atoms with Crippen molar-refractivity contribution in [2.75, 3.05) is 17.2 Å². The molecule has 2 N–H and O–H groups in total. The summed E-state index contributed by atoms with van der Waals surface area (Å²) in [6.45, 7) is 4.86. The van der Waals surface area contributed by atoms with Crippen molar-refractivity contribution >= 4 is 51.8 Å². The van der Waals surface area contributed by atoms with E-state index < -0.39 is 5.91 Å². The molecule has 0 spiro atoms. The molecule has 0 fully saturated rings. The van der Waals surface area contributed by atoms with E-state index in [0.29, 0.717) is 39.2 Å². The number of carbonyl (C=O) groups is 2. The normalized spacial score (nSPS) is 11.2. The fourth-order valence-electron chi connectivity index (χ4n) is 3.30. The molecular formula is C24H27ClN4O3S. The van der Waals surface area contributed by atoms with Crippen molar-refractivity contribution in [3.05, 3.63) is 63.9 Å². The lowest BCUT2D eigenvalue weighted by Gasteiger charge is -2.22. The molecule has 174 valence electrons. The topological polar surface area (TPSA) is 98.3 Å². The Morgan fingerprint density at radius 2 is 1.91 bits per heavy atom. The van der Waals surface area contributed by atoms with Crippen LogP contribution in [-0.2, 0) is 16.1 Å². The lowest BCUT2D eigenvalue weighted by Crippen LogP contribution is -2.35. The molecule has 0 saturated heterocycles. The minimum absolute atomic E-state index is 0.0495. The molecule has 0 saturated carbocycles. The number of thioether (sulfide) groups is 1. The predicted octanol–water partition coefficient (Wildman–Crippen LogP) is 4.10. The highest BCUT2D eigenvalue weighted by Gasteiger charge is 2.19. The van der Waals surface area contributed by atoms with E-state index >= 15 is 0 Å². The van der Waals surface area contributed by atoms with Gasteiger partial charge in [-0.15, -0.1) is 0 Å². The number of hydrogen-bond donors (Lipinski definition) is 1. The Hall–Kier alpha value is -2.84. The highest BCUT2D eigenvalue weighted by Crippen LogP contribution is 2.23. The molecule has 0 unspecified atom stereocenters. The van der Waals surface area contributed by atoms with Gasteiger partial charge in [0.15, 0.2) is 5.16 Å². The largest absolute Gasteiger partial charge is 0.370 e. The number of nitrogens with two attached hydrogens (primary N) is 1. The van der Waals surface area contributed by atoms with E-state index in [1.807, 2.05) is 18.2 Å². The second-order valence-electron chi connectivity index (χ2n) is 8.08. The summed E-state index contributed by atoms with van der Waals surface area (Å²) in [7, 11) is 0. The fraction of sp³-hybridized carbons (Fsp3) is 0.333. The maximum atomic E-state index is 13.2. The number of anilines is 1. The molecule has 7 nitrogen and oxygen atoms in total. The van der Waals surface area contributed by atoms with Crippen molar-refractivity contribution in [1.29, 1.82) is 0 Å². The third kappa shape index (κ3) is 6.58. The molecule has 33 heavy (non-hydrogen) atoms. The summed E-state index contributed by atoms with van der Waals surface area (Å²) in [4.78, 5) is 43.8. The third-order valence-corrected chi connectivity index (χ3v) is 6.28. The second-order valence-corrected chi connectivity index (χ2v) is 9.46. The van der Waals surface area contributed by atoms with Crippen molar-refractivity contribution in [3.63, 3.8) is 0 Å². The number of halogens is 1. The van der Waals surface area contributed by atoms with Gasteiger partial charge in [-0.05, 0) is 42.7 Å². The molecule has 2 amide bonds. The SMILES string of the molecule is CC(C)CCn1c(SCC(=O)N(CCC(N)=O)c2ccccc2)nc2cc(Cl)ccc2c1=O. The van der Waals surface area contributed by atoms with Gasteiger partial charge in [0.25, 0.3) is 5.56 Å². The molecule has 0 radical (unpaired) electrons. The highest BCUT2D eigenvalue weighted by atomic mass is 35.5. The third-order valence-electron chi connectivity index (χ3n) is 5.09. The molecule has 0 bridgehead atoms. The Morgan fingerprint density at radius 3 is 2.58 bits per heavy atom. The molecule has 3 aromatic rings. The zero-order valence-corrected chi connectivity index (χ0v) is 20.2. The van der Waals surface area contributed by atoms with E-state index in [1.165, 1.54) is 16.7 Å². The van der Waals surface area contributed by atoms with Crippen molar-refractivity contribution in [1.82, 2.24) is 9.55 Å². The van der Waals surface area contributed by atoms with Crippen molar-refractivity contribution < 1.29 is 9.59 Å². The zero-order chi connectivity index (χ0) is 24.0. The van der Waals surface area contributed by atoms with Crippen LogP contribution in [0, 0.1) is 5.92 Å². The van der Waals surface area contributed by atoms with E-state index in [1.54, 1.807) is 34.9 Å². The number of para-hydroxylation sites is 1. The number of nitrogens with zero attached hydrogens (tertiary/aromatic N) is 3. The average Bonchev–Trinajstić information content (AvgIpc) is 2.77. The Balaban J connectivity index is 1.90. The zero-order valence-electron chi connectivity index (χ0n) is 18.7. The summed E-state index contributed by atoms with van der Waals surface area (Å²) in [5.74, 6) is -0.233. The van der Waals surface area contributed by atoms with Crippen LogP contribution in [0.2, 0.25) is 5.02 Å². The van der Waals surface area contributed by atoms with Crippen LogP contribution in [0.5, 0.6) is 0 Å². The first kappa shape index (κ1) is 24.8. The quantitative estimate of drug-likeness (QED) is 0.343. The molecule has 3 rings (SSSR count). The van der Waals surface area contributed by atoms with E-state index in [2.05, 4.69) is 18.8 Å². The summed E-state index contributed by atoms with van der Waals surface area (Å²) in [6, 6.07) is 14.1. The van der Waals surface area contributed by atoms with E-state index in [9.17, 15) is 14.4 Å². The first-order chi connectivity index (χ1) is 15.8. The first-order valence-corrected chi connectivity index (χ1v) is 12.1. The molecule has 0 atom stereocenters. The number of aromatic nitrogens is 2. The highest BCUT2D eigenvalue weighted by molar-refractivity contribution is 7.99. The van der Waals surface area contributed by atoms with Crippen LogP contribution in [0.25, 0.3) is 10.9 Å². The van der Waals surface area contributed by atoms with Crippen molar-refractivity contribution in [2.24, 2.45) is 11.7 Å². The molecule has 0 aliphatic heterocycles. The van der Waals surface area contributed by atoms with Crippen LogP contribution in [0.15, 0.2) is 58.5 Å². The van der Waals surface area contributed by atoms with E-state index in [4.69, 9.17) is 17.3 Å². The van der Waals surface area contributed by atoms with Gasteiger partial charge < -0.3 is 10.6 Å². The van der Waals surface area contributed by atoms with Gasteiger partial charge in [-0.1, -0.05) is 55.4 Å². The van der Waals surface area contributed by atoms with E-state index in [-0.39, 0.29) is 30.2 Å². The molecule has 9 heteroatoms. The summed E-state index contributed by atoms with van der Waals surface area (Å²) in [6.07, 6.45) is 0.855. The lowest BCUT2D eigenvalue weighted by atomic mass is 10.1. The summed E-state index contributed by atoms with van der Waals surface area (Å²) >= 11 is 7.31. The van der Waals surface area contributed by atoms with Gasteiger partial charge in [-0.3, -0.25) is 19.0 Å². The smallest absolute Gasteiger partial charge is 0.262 e.